The number of hydrogen-bond acceptors (Lipinski definition) is 6. The monoisotopic (exact) mass is 405 g/mol. The van der Waals surface area contributed by atoms with E-state index in [1.165, 1.54) is 0 Å². The van der Waals surface area contributed by atoms with Gasteiger partial charge in [-0.05, 0) is 40.2 Å². The number of carbonyl (C=O) groups excluding carboxylic acids is 2. The number of rotatable bonds is 4. The molecule has 1 heterocycles. The summed E-state index contributed by atoms with van der Waals surface area (Å²) >= 11 is 0. The second kappa shape index (κ2) is 7.33. The number of carboxylic acid groups (broad SMARTS) is 1. The van der Waals surface area contributed by atoms with Gasteiger partial charge in [-0.3, -0.25) is 9.69 Å². The zero-order chi connectivity index (χ0) is 21.6. The minimum atomic E-state index is -1.26. The number of aliphatic carboxylic acids is 1. The van der Waals surface area contributed by atoms with Gasteiger partial charge in [0.15, 0.2) is 6.04 Å². The van der Waals surface area contributed by atoms with Crippen molar-refractivity contribution in [3.05, 3.63) is 35.9 Å². The van der Waals surface area contributed by atoms with Crippen LogP contribution in [-0.2, 0) is 30.4 Å². The van der Waals surface area contributed by atoms with Crippen LogP contribution in [0.2, 0.25) is 0 Å². The highest BCUT2D eigenvalue weighted by molar-refractivity contribution is 5.86. The predicted molar refractivity (Wildman–Crippen MR) is 102 cm³/mol. The van der Waals surface area contributed by atoms with E-state index in [0.717, 1.165) is 10.5 Å². The Hall–Kier alpha value is -2.61. The van der Waals surface area contributed by atoms with E-state index in [0.29, 0.717) is 0 Å². The molecule has 1 amide bonds. The van der Waals surface area contributed by atoms with Crippen LogP contribution < -0.4 is 0 Å². The number of hydrogen-bond donors (Lipinski definition) is 1. The van der Waals surface area contributed by atoms with Gasteiger partial charge in [-0.15, -0.1) is 0 Å². The van der Waals surface area contributed by atoms with Crippen molar-refractivity contribution >= 4 is 18.0 Å². The van der Waals surface area contributed by atoms with Gasteiger partial charge in [0, 0.05) is 0 Å². The first-order chi connectivity index (χ1) is 13.5. The molecule has 0 unspecified atom stereocenters. The van der Waals surface area contributed by atoms with Crippen LogP contribution in [0.4, 0.5) is 4.79 Å². The van der Waals surface area contributed by atoms with Crippen molar-refractivity contribution in [2.45, 2.75) is 70.6 Å². The van der Waals surface area contributed by atoms with E-state index in [9.17, 15) is 19.5 Å². The Kier molecular flexibility index (Phi) is 5.34. The van der Waals surface area contributed by atoms with Crippen LogP contribution in [-0.4, -0.2) is 57.4 Å². The molecule has 1 saturated carbocycles. The van der Waals surface area contributed by atoms with Crippen molar-refractivity contribution in [1.29, 1.82) is 0 Å². The summed E-state index contributed by atoms with van der Waals surface area (Å²) in [6, 6.07) is 7.05. The number of morpholine rings is 1. The standard InChI is InChI=1S/C21H27NO7/c1-12-15(17(23)24)22(19(26)27-11-13-9-7-6-8-10-13)16-14(21(16,5)28-12)18(25)29-20(2,3)4/h6-10,12,14-16H,11H2,1-5H3,(H,23,24)/t12-,14-,15+,16+,21-/m1/s1. The number of carboxylic acids is 1. The average Bonchev–Trinajstić information content (AvgIpc) is 3.22. The molecule has 29 heavy (non-hydrogen) atoms. The molecule has 1 N–H and O–H groups in total. The lowest BCUT2D eigenvalue weighted by molar-refractivity contribution is -0.163. The number of esters is 1. The Morgan fingerprint density at radius 3 is 2.38 bits per heavy atom. The molecule has 0 bridgehead atoms. The first kappa shape index (κ1) is 21.1. The lowest BCUT2D eigenvalue weighted by Gasteiger charge is -2.38. The summed E-state index contributed by atoms with van der Waals surface area (Å²) in [4.78, 5) is 38.6. The van der Waals surface area contributed by atoms with E-state index in [1.807, 2.05) is 18.2 Å². The molecule has 8 nitrogen and oxygen atoms in total. The van der Waals surface area contributed by atoms with E-state index in [2.05, 4.69) is 0 Å². The quantitative estimate of drug-likeness (QED) is 0.768. The van der Waals surface area contributed by atoms with Crippen LogP contribution >= 0.6 is 0 Å². The van der Waals surface area contributed by atoms with Gasteiger partial charge in [-0.2, -0.15) is 0 Å². The summed E-state index contributed by atoms with van der Waals surface area (Å²) in [5, 5.41) is 9.70. The third-order valence-corrected chi connectivity index (χ3v) is 5.22. The fourth-order valence-corrected chi connectivity index (χ4v) is 3.98. The molecule has 0 aromatic heterocycles. The average molecular weight is 405 g/mol. The molecule has 1 aliphatic carbocycles. The van der Waals surface area contributed by atoms with Crippen LogP contribution in [0, 0.1) is 5.92 Å². The fourth-order valence-electron chi connectivity index (χ4n) is 3.98. The third kappa shape index (κ3) is 4.07. The van der Waals surface area contributed by atoms with Crippen LogP contribution in [0.25, 0.3) is 0 Å². The summed E-state index contributed by atoms with van der Waals surface area (Å²) in [6.45, 7) is 8.50. The number of ether oxygens (including phenoxy) is 3. The lowest BCUT2D eigenvalue weighted by atomic mass is 10.1. The van der Waals surface area contributed by atoms with E-state index < -0.39 is 53.3 Å². The van der Waals surface area contributed by atoms with E-state index in [1.54, 1.807) is 46.8 Å². The molecule has 3 rings (SSSR count). The highest BCUT2D eigenvalue weighted by Crippen LogP contribution is 2.56. The Balaban J connectivity index is 1.83. The van der Waals surface area contributed by atoms with Crippen molar-refractivity contribution in [2.24, 2.45) is 5.92 Å². The minimum absolute atomic E-state index is 0.00170. The van der Waals surface area contributed by atoms with Crippen molar-refractivity contribution in [3.63, 3.8) is 0 Å². The highest BCUT2D eigenvalue weighted by Gasteiger charge is 2.76. The van der Waals surface area contributed by atoms with Crippen LogP contribution in [0.3, 0.4) is 0 Å². The third-order valence-electron chi connectivity index (χ3n) is 5.22. The van der Waals surface area contributed by atoms with E-state index in [-0.39, 0.29) is 6.61 Å². The Bertz CT molecular complexity index is 803. The summed E-state index contributed by atoms with van der Waals surface area (Å²) in [5.41, 5.74) is -0.953. The molecule has 8 heteroatoms. The Morgan fingerprint density at radius 1 is 1.21 bits per heavy atom. The molecule has 1 aliphatic heterocycles. The van der Waals surface area contributed by atoms with Gasteiger partial charge >= 0.3 is 18.0 Å². The van der Waals surface area contributed by atoms with Crippen molar-refractivity contribution in [2.75, 3.05) is 0 Å². The maximum absolute atomic E-state index is 12.9. The normalized spacial score (nSPS) is 30.9. The number of fused-ring (bicyclic) bond motifs is 1. The lowest BCUT2D eigenvalue weighted by Crippen LogP contribution is -2.58. The second-order valence-corrected chi connectivity index (χ2v) is 8.69. The van der Waals surface area contributed by atoms with Gasteiger partial charge in [0.1, 0.15) is 23.7 Å². The van der Waals surface area contributed by atoms with Gasteiger partial charge in [-0.1, -0.05) is 30.3 Å². The van der Waals surface area contributed by atoms with Crippen LogP contribution in [0.15, 0.2) is 30.3 Å². The van der Waals surface area contributed by atoms with Gasteiger partial charge < -0.3 is 19.3 Å². The maximum atomic E-state index is 12.9. The predicted octanol–water partition coefficient (Wildman–Crippen LogP) is 2.60. The Morgan fingerprint density at radius 2 is 1.83 bits per heavy atom. The van der Waals surface area contributed by atoms with Crippen LogP contribution in [0.1, 0.15) is 40.2 Å². The molecule has 2 fully saturated rings. The molecule has 1 aromatic carbocycles. The molecular formula is C21H27NO7. The van der Waals surface area contributed by atoms with Crippen molar-refractivity contribution in [3.8, 4) is 0 Å². The summed E-state index contributed by atoms with van der Waals surface area (Å²) in [7, 11) is 0. The highest BCUT2D eigenvalue weighted by atomic mass is 16.6. The van der Waals surface area contributed by atoms with Gasteiger partial charge in [0.25, 0.3) is 0 Å². The first-order valence-electron chi connectivity index (χ1n) is 9.58. The molecule has 0 spiro atoms. The zero-order valence-corrected chi connectivity index (χ0v) is 17.2. The molecule has 5 atom stereocenters. The van der Waals surface area contributed by atoms with Crippen LogP contribution in [0.5, 0.6) is 0 Å². The minimum Gasteiger partial charge on any atom is -0.480 e. The largest absolute Gasteiger partial charge is 0.480 e. The second-order valence-electron chi connectivity index (χ2n) is 8.69. The number of benzene rings is 1. The van der Waals surface area contributed by atoms with E-state index in [4.69, 9.17) is 14.2 Å². The molecule has 158 valence electrons. The first-order valence-corrected chi connectivity index (χ1v) is 9.58. The molecular weight excluding hydrogens is 378 g/mol. The molecule has 0 radical (unpaired) electrons. The molecule has 1 saturated heterocycles. The van der Waals surface area contributed by atoms with Gasteiger partial charge in [0.05, 0.1) is 12.1 Å². The molecule has 1 aromatic rings. The van der Waals surface area contributed by atoms with Crippen molar-refractivity contribution in [1.82, 2.24) is 4.90 Å². The van der Waals surface area contributed by atoms with Gasteiger partial charge in [-0.25, -0.2) is 9.59 Å². The number of amides is 1. The smallest absolute Gasteiger partial charge is 0.411 e. The van der Waals surface area contributed by atoms with Gasteiger partial charge in [0.2, 0.25) is 0 Å². The SMILES string of the molecule is C[C@H]1O[C@@]2(C)[C@H]([C@@H]2C(=O)OC(C)(C)C)N(C(=O)OCc2ccccc2)[C@@H]1C(=O)O. The zero-order valence-electron chi connectivity index (χ0n) is 17.2. The summed E-state index contributed by atoms with van der Waals surface area (Å²) in [6.07, 6.45) is -1.61. The van der Waals surface area contributed by atoms with E-state index >= 15 is 0 Å². The maximum Gasteiger partial charge on any atom is 0.411 e. The number of carbonyl (C=O) groups is 3. The summed E-state index contributed by atoms with van der Waals surface area (Å²) in [5.74, 6) is -2.52. The topological polar surface area (TPSA) is 102 Å². The summed E-state index contributed by atoms with van der Waals surface area (Å²) < 4.78 is 16.7. The number of nitrogens with zero attached hydrogens (tertiary/aromatic N) is 1. The van der Waals surface area contributed by atoms with Crippen molar-refractivity contribution < 1.29 is 33.7 Å². The Labute approximate surface area is 169 Å². The fraction of sp³-hybridized carbons (Fsp3) is 0.571. The molecule has 2 aliphatic rings.